The minimum atomic E-state index is -0.419. The van der Waals surface area contributed by atoms with Crippen LogP contribution in [0.2, 0.25) is 0 Å². The van der Waals surface area contributed by atoms with E-state index in [2.05, 4.69) is 10.3 Å². The second-order valence-electron chi connectivity index (χ2n) is 6.39. The summed E-state index contributed by atoms with van der Waals surface area (Å²) in [6, 6.07) is 10.8. The zero-order valence-electron chi connectivity index (χ0n) is 14.4. The SMILES string of the molecule is Cc1cccc(NC(=O)[C@H]2CC(=O)N(c3ccc4c(c3)OCCO4)C2)n1. The highest BCUT2D eigenvalue weighted by molar-refractivity contribution is 6.03. The van der Waals surface area contributed by atoms with Gasteiger partial charge in [-0.1, -0.05) is 6.07 Å². The van der Waals surface area contributed by atoms with Gasteiger partial charge in [-0.05, 0) is 31.2 Å². The summed E-state index contributed by atoms with van der Waals surface area (Å²) in [6.45, 7) is 3.19. The minimum absolute atomic E-state index is 0.0842. The average molecular weight is 353 g/mol. The number of benzene rings is 1. The van der Waals surface area contributed by atoms with Gasteiger partial charge < -0.3 is 19.7 Å². The summed E-state index contributed by atoms with van der Waals surface area (Å²) < 4.78 is 11.1. The largest absolute Gasteiger partial charge is 0.486 e. The maximum atomic E-state index is 12.5. The lowest BCUT2D eigenvalue weighted by Gasteiger charge is -2.22. The highest BCUT2D eigenvalue weighted by Crippen LogP contribution is 2.36. The Hall–Kier alpha value is -3.09. The zero-order valence-corrected chi connectivity index (χ0v) is 14.4. The van der Waals surface area contributed by atoms with E-state index in [1.165, 1.54) is 0 Å². The van der Waals surface area contributed by atoms with E-state index >= 15 is 0 Å². The summed E-state index contributed by atoms with van der Waals surface area (Å²) in [7, 11) is 0. The van der Waals surface area contributed by atoms with Gasteiger partial charge in [0.1, 0.15) is 19.0 Å². The number of hydrogen-bond donors (Lipinski definition) is 1. The topological polar surface area (TPSA) is 80.8 Å². The number of nitrogens with zero attached hydrogens (tertiary/aromatic N) is 2. The van der Waals surface area contributed by atoms with Crippen molar-refractivity contribution in [2.45, 2.75) is 13.3 Å². The first kappa shape index (κ1) is 16.4. The molecule has 2 aromatic rings. The highest BCUT2D eigenvalue weighted by Gasteiger charge is 2.35. The van der Waals surface area contributed by atoms with E-state index in [0.29, 0.717) is 42.8 Å². The van der Waals surface area contributed by atoms with E-state index in [9.17, 15) is 9.59 Å². The molecule has 134 valence electrons. The van der Waals surface area contributed by atoms with Crippen LogP contribution < -0.4 is 19.7 Å². The molecule has 1 fully saturated rings. The summed E-state index contributed by atoms with van der Waals surface area (Å²) in [4.78, 5) is 30.8. The Morgan fingerprint density at radius 1 is 1.19 bits per heavy atom. The van der Waals surface area contributed by atoms with E-state index in [4.69, 9.17) is 9.47 Å². The third kappa shape index (κ3) is 3.20. The van der Waals surface area contributed by atoms with Crippen molar-refractivity contribution in [1.82, 2.24) is 4.98 Å². The number of aromatic nitrogens is 1. The van der Waals surface area contributed by atoms with Gasteiger partial charge in [0.2, 0.25) is 11.8 Å². The molecular weight excluding hydrogens is 334 g/mol. The molecule has 4 rings (SSSR count). The molecule has 1 aromatic heterocycles. The van der Waals surface area contributed by atoms with Gasteiger partial charge >= 0.3 is 0 Å². The predicted octanol–water partition coefficient (Wildman–Crippen LogP) is 2.15. The Balaban J connectivity index is 1.47. The second-order valence-corrected chi connectivity index (χ2v) is 6.39. The molecule has 2 aliphatic heterocycles. The Morgan fingerprint density at radius 3 is 2.81 bits per heavy atom. The van der Waals surface area contributed by atoms with Crippen molar-refractivity contribution in [3.8, 4) is 11.5 Å². The number of fused-ring (bicyclic) bond motifs is 1. The lowest BCUT2D eigenvalue weighted by Crippen LogP contribution is -2.28. The first-order valence-electron chi connectivity index (χ1n) is 8.55. The van der Waals surface area contributed by atoms with E-state index in [0.717, 1.165) is 5.69 Å². The monoisotopic (exact) mass is 353 g/mol. The van der Waals surface area contributed by atoms with E-state index < -0.39 is 5.92 Å². The lowest BCUT2D eigenvalue weighted by molar-refractivity contribution is -0.122. The third-order valence-corrected chi connectivity index (χ3v) is 4.47. The van der Waals surface area contributed by atoms with Crippen molar-refractivity contribution >= 4 is 23.3 Å². The fourth-order valence-corrected chi connectivity index (χ4v) is 3.17. The van der Waals surface area contributed by atoms with Crippen LogP contribution in [0.25, 0.3) is 0 Å². The number of anilines is 2. The molecule has 2 amide bonds. The highest BCUT2D eigenvalue weighted by atomic mass is 16.6. The van der Waals surface area contributed by atoms with Crippen LogP contribution in [0.4, 0.5) is 11.5 Å². The number of carbonyl (C=O) groups excluding carboxylic acids is 2. The lowest BCUT2D eigenvalue weighted by atomic mass is 10.1. The minimum Gasteiger partial charge on any atom is -0.486 e. The number of hydrogen-bond acceptors (Lipinski definition) is 5. The van der Waals surface area contributed by atoms with Gasteiger partial charge in [0, 0.05) is 30.4 Å². The molecule has 0 bridgehead atoms. The summed E-state index contributed by atoms with van der Waals surface area (Å²) in [5, 5.41) is 2.79. The van der Waals surface area contributed by atoms with Crippen molar-refractivity contribution in [3.63, 3.8) is 0 Å². The smallest absolute Gasteiger partial charge is 0.230 e. The molecule has 1 atom stereocenters. The van der Waals surface area contributed by atoms with E-state index in [1.807, 2.05) is 25.1 Å². The summed E-state index contributed by atoms with van der Waals surface area (Å²) >= 11 is 0. The van der Waals surface area contributed by atoms with Gasteiger partial charge in [0.25, 0.3) is 0 Å². The average Bonchev–Trinajstić information content (AvgIpc) is 3.03. The zero-order chi connectivity index (χ0) is 18.1. The molecular formula is C19H19N3O4. The molecule has 0 radical (unpaired) electrons. The maximum absolute atomic E-state index is 12.5. The normalized spacial score (nSPS) is 18.7. The van der Waals surface area contributed by atoms with E-state index in [-0.39, 0.29) is 18.2 Å². The van der Waals surface area contributed by atoms with Gasteiger partial charge in [0.05, 0.1) is 5.92 Å². The molecule has 0 aliphatic carbocycles. The number of aryl methyl sites for hydroxylation is 1. The number of pyridine rings is 1. The van der Waals surface area contributed by atoms with Crippen LogP contribution >= 0.6 is 0 Å². The van der Waals surface area contributed by atoms with Gasteiger partial charge in [-0.15, -0.1) is 0 Å². The molecule has 1 N–H and O–H groups in total. The number of ether oxygens (including phenoxy) is 2. The Labute approximate surface area is 150 Å². The van der Waals surface area contributed by atoms with Gasteiger partial charge in [-0.2, -0.15) is 0 Å². The Morgan fingerprint density at radius 2 is 2.00 bits per heavy atom. The molecule has 0 spiro atoms. The fourth-order valence-electron chi connectivity index (χ4n) is 3.17. The number of nitrogens with one attached hydrogen (secondary N) is 1. The van der Waals surface area contributed by atoms with Crippen LogP contribution in [0, 0.1) is 12.8 Å². The molecule has 7 nitrogen and oxygen atoms in total. The molecule has 1 saturated heterocycles. The van der Waals surface area contributed by atoms with Crippen molar-refractivity contribution in [2.24, 2.45) is 5.92 Å². The van der Waals surface area contributed by atoms with Crippen molar-refractivity contribution in [1.29, 1.82) is 0 Å². The fraction of sp³-hybridized carbons (Fsp3) is 0.316. The Kier molecular flexibility index (Phi) is 4.20. The number of rotatable bonds is 3. The maximum Gasteiger partial charge on any atom is 0.230 e. The standard InChI is InChI=1S/C19H19N3O4/c1-12-3-2-4-17(20-12)21-19(24)13-9-18(23)22(11-13)14-5-6-15-16(10-14)26-8-7-25-15/h2-6,10,13H,7-9,11H2,1H3,(H,20,21,24)/t13-/m0/s1. The molecule has 3 heterocycles. The molecule has 0 saturated carbocycles. The summed E-state index contributed by atoms with van der Waals surface area (Å²) in [5.41, 5.74) is 1.53. The van der Waals surface area contributed by atoms with Crippen LogP contribution in [0.15, 0.2) is 36.4 Å². The Bertz CT molecular complexity index is 868. The van der Waals surface area contributed by atoms with Crippen molar-refractivity contribution in [3.05, 3.63) is 42.1 Å². The first-order chi connectivity index (χ1) is 12.6. The third-order valence-electron chi connectivity index (χ3n) is 4.47. The van der Waals surface area contributed by atoms with Gasteiger partial charge in [0.15, 0.2) is 11.5 Å². The molecule has 1 aromatic carbocycles. The second kappa shape index (κ2) is 6.67. The molecule has 7 heteroatoms. The van der Waals surface area contributed by atoms with Crippen LogP contribution in [0.5, 0.6) is 11.5 Å². The first-order valence-corrected chi connectivity index (χ1v) is 8.55. The quantitative estimate of drug-likeness (QED) is 0.914. The van der Waals surface area contributed by atoms with Crippen LogP contribution in [0.1, 0.15) is 12.1 Å². The summed E-state index contributed by atoms with van der Waals surface area (Å²) in [6.07, 6.45) is 0.173. The van der Waals surface area contributed by atoms with Crippen LogP contribution in [-0.4, -0.2) is 36.6 Å². The van der Waals surface area contributed by atoms with Crippen LogP contribution in [0.3, 0.4) is 0 Å². The predicted molar refractivity (Wildman–Crippen MR) is 95.5 cm³/mol. The van der Waals surface area contributed by atoms with Gasteiger partial charge in [-0.25, -0.2) is 4.98 Å². The number of amides is 2. The van der Waals surface area contributed by atoms with Gasteiger partial charge in [-0.3, -0.25) is 9.59 Å². The van der Waals surface area contributed by atoms with Crippen molar-refractivity contribution in [2.75, 3.05) is 30.0 Å². The molecule has 26 heavy (non-hydrogen) atoms. The number of carbonyl (C=O) groups is 2. The summed E-state index contributed by atoms with van der Waals surface area (Å²) in [5.74, 6) is 1.10. The molecule has 2 aliphatic rings. The molecule has 0 unspecified atom stereocenters. The van der Waals surface area contributed by atoms with Crippen molar-refractivity contribution < 1.29 is 19.1 Å². The van der Waals surface area contributed by atoms with E-state index in [1.54, 1.807) is 23.1 Å². The van der Waals surface area contributed by atoms with Crippen LogP contribution in [-0.2, 0) is 9.59 Å².